The lowest BCUT2D eigenvalue weighted by atomic mass is 10.1. The fraction of sp³-hybridized carbons (Fsp3) is 0.636. The first kappa shape index (κ1) is 11.6. The summed E-state index contributed by atoms with van der Waals surface area (Å²) in [6, 6.07) is 4.74. The van der Waals surface area contributed by atoms with Gasteiger partial charge < -0.3 is 10.4 Å². The van der Waals surface area contributed by atoms with Crippen LogP contribution in [-0.4, -0.2) is 17.8 Å². The minimum absolute atomic E-state index is 0.294. The summed E-state index contributed by atoms with van der Waals surface area (Å²) in [5.74, 6) is 0.806. The van der Waals surface area contributed by atoms with Crippen LogP contribution >= 0.6 is 27.3 Å². The van der Waals surface area contributed by atoms with E-state index in [0.29, 0.717) is 12.6 Å². The zero-order valence-electron chi connectivity index (χ0n) is 8.58. The Balaban J connectivity index is 1.79. The lowest BCUT2D eigenvalue weighted by Gasteiger charge is -2.16. The van der Waals surface area contributed by atoms with Crippen molar-refractivity contribution in [2.75, 3.05) is 6.61 Å². The lowest BCUT2D eigenvalue weighted by molar-refractivity contribution is 0.256. The SMILES string of the molecule is OCCC(NCc1ccc(Br)s1)C1CC1. The second-order valence-corrected chi connectivity index (χ2v) is 6.59. The van der Waals surface area contributed by atoms with Gasteiger partial charge in [0.25, 0.3) is 0 Å². The van der Waals surface area contributed by atoms with Gasteiger partial charge in [-0.15, -0.1) is 11.3 Å². The van der Waals surface area contributed by atoms with E-state index in [1.807, 2.05) is 0 Å². The predicted molar refractivity (Wildman–Crippen MR) is 67.1 cm³/mol. The summed E-state index contributed by atoms with van der Waals surface area (Å²) in [7, 11) is 0. The number of rotatable bonds is 6. The molecule has 2 nitrogen and oxygen atoms in total. The van der Waals surface area contributed by atoms with Crippen LogP contribution in [0.2, 0.25) is 0 Å². The Hall–Kier alpha value is 0.1000. The molecule has 2 rings (SSSR count). The van der Waals surface area contributed by atoms with Gasteiger partial charge >= 0.3 is 0 Å². The van der Waals surface area contributed by atoms with Crippen molar-refractivity contribution < 1.29 is 5.11 Å². The maximum absolute atomic E-state index is 8.97. The third kappa shape index (κ3) is 3.55. The van der Waals surface area contributed by atoms with Crippen LogP contribution in [0, 0.1) is 5.92 Å². The molecule has 1 heterocycles. The molecule has 84 valence electrons. The lowest BCUT2D eigenvalue weighted by Crippen LogP contribution is -2.31. The molecule has 1 aromatic rings. The highest BCUT2D eigenvalue weighted by atomic mass is 79.9. The van der Waals surface area contributed by atoms with Crippen LogP contribution in [0.4, 0.5) is 0 Å². The van der Waals surface area contributed by atoms with E-state index in [9.17, 15) is 0 Å². The Labute approximate surface area is 103 Å². The topological polar surface area (TPSA) is 32.3 Å². The first-order valence-electron chi connectivity index (χ1n) is 5.38. The average Bonchev–Trinajstić information content (AvgIpc) is 2.97. The van der Waals surface area contributed by atoms with E-state index in [2.05, 4.69) is 33.4 Å². The van der Waals surface area contributed by atoms with Gasteiger partial charge in [0.1, 0.15) is 0 Å². The maximum Gasteiger partial charge on any atom is 0.0701 e. The van der Waals surface area contributed by atoms with E-state index in [-0.39, 0.29) is 0 Å². The second-order valence-electron chi connectivity index (χ2n) is 4.04. The number of hydrogen-bond acceptors (Lipinski definition) is 3. The molecule has 1 aliphatic rings. The minimum Gasteiger partial charge on any atom is -0.396 e. The first-order chi connectivity index (χ1) is 7.29. The molecule has 2 N–H and O–H groups in total. The van der Waals surface area contributed by atoms with E-state index in [1.165, 1.54) is 21.5 Å². The van der Waals surface area contributed by atoms with Crippen molar-refractivity contribution in [3.05, 3.63) is 20.8 Å². The number of thiophene rings is 1. The molecule has 0 bridgehead atoms. The first-order valence-corrected chi connectivity index (χ1v) is 6.99. The molecule has 4 heteroatoms. The molecule has 0 spiro atoms. The van der Waals surface area contributed by atoms with Crippen molar-refractivity contribution in [3.63, 3.8) is 0 Å². The Bertz CT molecular complexity index is 311. The van der Waals surface area contributed by atoms with Gasteiger partial charge in [-0.3, -0.25) is 0 Å². The summed E-state index contributed by atoms with van der Waals surface area (Å²) in [5.41, 5.74) is 0. The van der Waals surface area contributed by atoms with Crippen LogP contribution < -0.4 is 5.32 Å². The highest BCUT2D eigenvalue weighted by molar-refractivity contribution is 9.11. The molecule has 1 unspecified atom stereocenters. The summed E-state index contributed by atoms with van der Waals surface area (Å²) in [6.07, 6.45) is 3.54. The van der Waals surface area contributed by atoms with Crippen molar-refractivity contribution >= 4 is 27.3 Å². The normalized spacial score (nSPS) is 18.0. The summed E-state index contributed by atoms with van der Waals surface area (Å²) < 4.78 is 1.18. The molecule has 1 fully saturated rings. The monoisotopic (exact) mass is 289 g/mol. The number of nitrogens with one attached hydrogen (secondary N) is 1. The molecular formula is C11H16BrNOS. The number of aliphatic hydroxyl groups is 1. The van der Waals surface area contributed by atoms with E-state index >= 15 is 0 Å². The number of halogens is 1. The molecule has 0 aliphatic heterocycles. The fourth-order valence-corrected chi connectivity index (χ4v) is 3.25. The van der Waals surface area contributed by atoms with E-state index in [4.69, 9.17) is 5.11 Å². The summed E-state index contributed by atoms with van der Waals surface area (Å²) in [5, 5.41) is 12.5. The maximum atomic E-state index is 8.97. The minimum atomic E-state index is 0.294. The van der Waals surface area contributed by atoms with Gasteiger partial charge in [0.2, 0.25) is 0 Å². The molecule has 0 radical (unpaired) electrons. The van der Waals surface area contributed by atoms with Crippen molar-refractivity contribution in [2.45, 2.75) is 31.8 Å². The van der Waals surface area contributed by atoms with Crippen LogP contribution in [0.15, 0.2) is 15.9 Å². The highest BCUT2D eigenvalue weighted by Crippen LogP contribution is 2.34. The van der Waals surface area contributed by atoms with Crippen molar-refractivity contribution in [2.24, 2.45) is 5.92 Å². The average molecular weight is 290 g/mol. The van der Waals surface area contributed by atoms with Gasteiger partial charge in [0.05, 0.1) is 3.79 Å². The Morgan fingerprint density at radius 3 is 2.87 bits per heavy atom. The third-order valence-corrected chi connectivity index (χ3v) is 4.42. The quantitative estimate of drug-likeness (QED) is 0.844. The van der Waals surface area contributed by atoms with Gasteiger partial charge in [-0.05, 0) is 53.2 Å². The molecule has 1 aromatic heterocycles. The second kappa shape index (κ2) is 5.43. The van der Waals surface area contributed by atoms with E-state index in [0.717, 1.165) is 18.9 Å². The number of hydrogen-bond donors (Lipinski definition) is 2. The summed E-state index contributed by atoms with van der Waals surface area (Å²) in [4.78, 5) is 1.35. The molecular weight excluding hydrogens is 274 g/mol. The zero-order chi connectivity index (χ0) is 10.7. The van der Waals surface area contributed by atoms with Crippen molar-refractivity contribution in [1.29, 1.82) is 0 Å². The largest absolute Gasteiger partial charge is 0.396 e. The van der Waals surface area contributed by atoms with E-state index < -0.39 is 0 Å². The third-order valence-electron chi connectivity index (χ3n) is 2.80. The van der Waals surface area contributed by atoms with Crippen LogP contribution in [0.5, 0.6) is 0 Å². The smallest absolute Gasteiger partial charge is 0.0701 e. The van der Waals surface area contributed by atoms with Crippen molar-refractivity contribution in [3.8, 4) is 0 Å². The van der Waals surface area contributed by atoms with Crippen LogP contribution in [0.25, 0.3) is 0 Å². The van der Waals surface area contributed by atoms with Crippen LogP contribution in [0.1, 0.15) is 24.1 Å². The molecule has 0 saturated heterocycles. The predicted octanol–water partition coefficient (Wildman–Crippen LogP) is 2.76. The Morgan fingerprint density at radius 2 is 2.33 bits per heavy atom. The van der Waals surface area contributed by atoms with Crippen LogP contribution in [0.3, 0.4) is 0 Å². The van der Waals surface area contributed by atoms with Gasteiger partial charge in [0.15, 0.2) is 0 Å². The van der Waals surface area contributed by atoms with Gasteiger partial charge in [0, 0.05) is 24.1 Å². The van der Waals surface area contributed by atoms with E-state index in [1.54, 1.807) is 11.3 Å². The molecule has 1 aliphatic carbocycles. The Kier molecular flexibility index (Phi) is 4.20. The molecule has 1 atom stereocenters. The van der Waals surface area contributed by atoms with Gasteiger partial charge in [-0.1, -0.05) is 0 Å². The standard InChI is InChI=1S/C11H16BrNOS/c12-11-4-3-9(15-11)7-13-10(5-6-14)8-1-2-8/h3-4,8,10,13-14H,1-2,5-7H2. The molecule has 15 heavy (non-hydrogen) atoms. The van der Waals surface area contributed by atoms with Gasteiger partial charge in [-0.25, -0.2) is 0 Å². The Morgan fingerprint density at radius 1 is 1.53 bits per heavy atom. The number of aliphatic hydroxyl groups excluding tert-OH is 1. The summed E-state index contributed by atoms with van der Waals surface area (Å²) in [6.45, 7) is 1.22. The zero-order valence-corrected chi connectivity index (χ0v) is 11.0. The fourth-order valence-electron chi connectivity index (χ4n) is 1.82. The molecule has 0 amide bonds. The van der Waals surface area contributed by atoms with Gasteiger partial charge in [-0.2, -0.15) is 0 Å². The highest BCUT2D eigenvalue weighted by Gasteiger charge is 2.30. The van der Waals surface area contributed by atoms with Crippen LogP contribution in [-0.2, 0) is 6.54 Å². The summed E-state index contributed by atoms with van der Waals surface area (Å²) >= 11 is 5.23. The molecule has 0 aromatic carbocycles. The molecule has 1 saturated carbocycles. The van der Waals surface area contributed by atoms with Crippen molar-refractivity contribution in [1.82, 2.24) is 5.32 Å².